The van der Waals surface area contributed by atoms with Crippen LogP contribution in [0.3, 0.4) is 0 Å². The molecule has 0 saturated heterocycles. The molecule has 1 amide bonds. The first kappa shape index (κ1) is 14.2. The average molecular weight is 303 g/mol. The molecule has 0 unspecified atom stereocenters. The third-order valence-corrected chi connectivity index (χ3v) is 3.89. The summed E-state index contributed by atoms with van der Waals surface area (Å²) < 4.78 is 12.0. The van der Waals surface area contributed by atoms with E-state index < -0.39 is 0 Å². The number of carbonyl (C=O) groups is 1. The Morgan fingerprint density at radius 1 is 1.32 bits per heavy atom. The molecule has 1 aliphatic rings. The van der Waals surface area contributed by atoms with Gasteiger partial charge in [-0.25, -0.2) is 0 Å². The van der Waals surface area contributed by atoms with Gasteiger partial charge >= 0.3 is 0 Å². The van der Waals surface area contributed by atoms with Gasteiger partial charge in [-0.05, 0) is 17.7 Å². The fourth-order valence-corrected chi connectivity index (χ4v) is 2.75. The van der Waals surface area contributed by atoms with Crippen LogP contribution in [0.2, 0.25) is 0 Å². The molecular formula is C15H17N3O4. The number of aryl methyl sites for hydroxylation is 1. The lowest BCUT2D eigenvalue weighted by molar-refractivity contribution is -0.116. The predicted octanol–water partition coefficient (Wildman–Crippen LogP) is 1.62. The summed E-state index contributed by atoms with van der Waals surface area (Å²) >= 11 is 0. The number of phenolic OH excluding ortho intramolecular Hbond substituents is 1. The van der Waals surface area contributed by atoms with Crippen molar-refractivity contribution in [2.24, 2.45) is 7.05 Å². The number of methoxy groups -OCH3 is 2. The van der Waals surface area contributed by atoms with Gasteiger partial charge in [0.1, 0.15) is 5.82 Å². The Bertz CT molecular complexity index is 713. The summed E-state index contributed by atoms with van der Waals surface area (Å²) in [6.07, 6.45) is 2.04. The van der Waals surface area contributed by atoms with Crippen LogP contribution in [0.25, 0.3) is 0 Å². The molecule has 3 rings (SSSR count). The zero-order chi connectivity index (χ0) is 15.9. The topological polar surface area (TPSA) is 85.6 Å². The number of aromatic hydroxyl groups is 1. The first-order chi connectivity index (χ1) is 10.5. The zero-order valence-electron chi connectivity index (χ0n) is 12.6. The van der Waals surface area contributed by atoms with Gasteiger partial charge in [-0.1, -0.05) is 0 Å². The van der Waals surface area contributed by atoms with Crippen LogP contribution in [0.5, 0.6) is 17.2 Å². The highest BCUT2D eigenvalue weighted by Gasteiger charge is 2.30. The molecule has 2 aromatic rings. The summed E-state index contributed by atoms with van der Waals surface area (Å²) in [6.45, 7) is 0. The van der Waals surface area contributed by atoms with Gasteiger partial charge in [0.05, 0.1) is 20.4 Å². The minimum absolute atomic E-state index is 0.0552. The Morgan fingerprint density at radius 2 is 1.95 bits per heavy atom. The van der Waals surface area contributed by atoms with Gasteiger partial charge in [-0.2, -0.15) is 5.10 Å². The van der Waals surface area contributed by atoms with Crippen molar-refractivity contribution < 1.29 is 19.4 Å². The number of fused-ring (bicyclic) bond motifs is 1. The minimum atomic E-state index is -0.166. The maximum Gasteiger partial charge on any atom is 0.226 e. The molecule has 1 aromatic carbocycles. The van der Waals surface area contributed by atoms with Crippen LogP contribution in [0, 0.1) is 0 Å². The molecule has 0 fully saturated rings. The molecule has 1 aromatic heterocycles. The number of nitrogens with zero attached hydrogens (tertiary/aromatic N) is 2. The number of hydrogen-bond acceptors (Lipinski definition) is 5. The number of benzene rings is 1. The standard InChI is InChI=1S/C15H17N3O4/c1-18-15-10(7-16-18)9(6-13(19)17-15)8-4-11(21-2)14(20)12(5-8)22-3/h4-5,7,9,20H,6H2,1-3H3,(H,17,19)/t9-/m1/s1. The molecule has 0 saturated carbocycles. The highest BCUT2D eigenvalue weighted by atomic mass is 16.5. The molecule has 2 N–H and O–H groups in total. The lowest BCUT2D eigenvalue weighted by Crippen LogP contribution is -2.24. The lowest BCUT2D eigenvalue weighted by Gasteiger charge is -2.24. The van der Waals surface area contributed by atoms with Crippen LogP contribution in [-0.2, 0) is 11.8 Å². The second-order valence-corrected chi connectivity index (χ2v) is 5.15. The minimum Gasteiger partial charge on any atom is -0.502 e. The predicted molar refractivity (Wildman–Crippen MR) is 79.5 cm³/mol. The lowest BCUT2D eigenvalue weighted by atomic mass is 9.87. The van der Waals surface area contributed by atoms with Crippen molar-refractivity contribution in [1.29, 1.82) is 0 Å². The summed E-state index contributed by atoms with van der Waals surface area (Å²) in [5.41, 5.74) is 1.76. The molecule has 0 aliphatic carbocycles. The van der Waals surface area contributed by atoms with Gasteiger partial charge < -0.3 is 19.9 Å². The fourth-order valence-electron chi connectivity index (χ4n) is 2.75. The summed E-state index contributed by atoms with van der Waals surface area (Å²) in [5.74, 6) is 1.01. The average Bonchev–Trinajstić information content (AvgIpc) is 2.88. The van der Waals surface area contributed by atoms with E-state index in [-0.39, 0.29) is 17.6 Å². The molecule has 0 radical (unpaired) electrons. The number of phenols is 1. The van der Waals surface area contributed by atoms with Gasteiger partial charge in [0.2, 0.25) is 11.7 Å². The number of hydrogen-bond donors (Lipinski definition) is 2. The van der Waals surface area contributed by atoms with Gasteiger partial charge in [-0.3, -0.25) is 9.48 Å². The van der Waals surface area contributed by atoms with Gasteiger partial charge in [0.25, 0.3) is 0 Å². The quantitative estimate of drug-likeness (QED) is 0.900. The normalized spacial score (nSPS) is 16.9. The van der Waals surface area contributed by atoms with Crippen molar-refractivity contribution in [3.8, 4) is 17.2 Å². The van der Waals surface area contributed by atoms with E-state index in [0.717, 1.165) is 11.1 Å². The van der Waals surface area contributed by atoms with Crippen LogP contribution in [0.15, 0.2) is 18.3 Å². The summed E-state index contributed by atoms with van der Waals surface area (Å²) in [6, 6.07) is 3.44. The van der Waals surface area contributed by atoms with Crippen molar-refractivity contribution >= 4 is 11.7 Å². The summed E-state index contributed by atoms with van der Waals surface area (Å²) in [7, 11) is 4.72. The molecule has 7 heteroatoms. The van der Waals surface area contributed by atoms with Gasteiger partial charge in [-0.15, -0.1) is 0 Å². The maximum absolute atomic E-state index is 12.0. The number of rotatable bonds is 3. The van der Waals surface area contributed by atoms with E-state index in [4.69, 9.17) is 9.47 Å². The highest BCUT2D eigenvalue weighted by Crippen LogP contribution is 2.43. The number of amides is 1. The highest BCUT2D eigenvalue weighted by molar-refractivity contribution is 5.94. The molecule has 2 heterocycles. The smallest absolute Gasteiger partial charge is 0.226 e. The third kappa shape index (κ3) is 2.14. The van der Waals surface area contributed by atoms with Crippen molar-refractivity contribution in [3.63, 3.8) is 0 Å². The Hall–Kier alpha value is -2.70. The second-order valence-electron chi connectivity index (χ2n) is 5.15. The van der Waals surface area contributed by atoms with E-state index in [9.17, 15) is 9.90 Å². The number of nitrogens with one attached hydrogen (secondary N) is 1. The molecule has 1 atom stereocenters. The monoisotopic (exact) mass is 303 g/mol. The second kappa shape index (κ2) is 5.25. The van der Waals surface area contributed by atoms with Crippen LogP contribution >= 0.6 is 0 Å². The Morgan fingerprint density at radius 3 is 2.55 bits per heavy atom. The van der Waals surface area contributed by atoms with Crippen molar-refractivity contribution in [2.75, 3.05) is 19.5 Å². The largest absolute Gasteiger partial charge is 0.502 e. The number of aromatic nitrogens is 2. The number of anilines is 1. The van der Waals surface area contributed by atoms with Crippen LogP contribution in [0.1, 0.15) is 23.5 Å². The number of ether oxygens (including phenoxy) is 2. The first-order valence-electron chi connectivity index (χ1n) is 6.81. The van der Waals surface area contributed by atoms with Crippen LogP contribution in [-0.4, -0.2) is 35.0 Å². The van der Waals surface area contributed by atoms with Crippen molar-refractivity contribution in [3.05, 3.63) is 29.5 Å². The van der Waals surface area contributed by atoms with E-state index in [0.29, 0.717) is 23.7 Å². The molecule has 7 nitrogen and oxygen atoms in total. The first-order valence-corrected chi connectivity index (χ1v) is 6.81. The zero-order valence-corrected chi connectivity index (χ0v) is 12.6. The summed E-state index contributed by atoms with van der Waals surface area (Å²) in [5, 5.41) is 17.0. The van der Waals surface area contributed by atoms with Gasteiger partial charge in [0.15, 0.2) is 11.5 Å². The number of carbonyl (C=O) groups excluding carboxylic acids is 1. The Labute approximate surface area is 127 Å². The van der Waals surface area contributed by atoms with E-state index in [2.05, 4.69) is 10.4 Å². The molecule has 0 bridgehead atoms. The fraction of sp³-hybridized carbons (Fsp3) is 0.333. The molecule has 0 spiro atoms. The van der Waals surface area contributed by atoms with E-state index in [1.165, 1.54) is 14.2 Å². The van der Waals surface area contributed by atoms with Crippen LogP contribution < -0.4 is 14.8 Å². The van der Waals surface area contributed by atoms with Crippen LogP contribution in [0.4, 0.5) is 5.82 Å². The van der Waals surface area contributed by atoms with Crippen molar-refractivity contribution in [2.45, 2.75) is 12.3 Å². The molecular weight excluding hydrogens is 286 g/mol. The Kier molecular flexibility index (Phi) is 3.40. The van der Waals surface area contributed by atoms with E-state index in [1.54, 1.807) is 30.1 Å². The third-order valence-electron chi connectivity index (χ3n) is 3.89. The molecule has 22 heavy (non-hydrogen) atoms. The molecule has 1 aliphatic heterocycles. The Balaban J connectivity index is 2.13. The maximum atomic E-state index is 12.0. The summed E-state index contributed by atoms with van der Waals surface area (Å²) in [4.78, 5) is 12.0. The van der Waals surface area contributed by atoms with Gasteiger partial charge in [0, 0.05) is 24.9 Å². The van der Waals surface area contributed by atoms with Crippen molar-refractivity contribution in [1.82, 2.24) is 9.78 Å². The molecule has 116 valence electrons. The van der Waals surface area contributed by atoms with E-state index in [1.807, 2.05) is 0 Å². The van der Waals surface area contributed by atoms with E-state index >= 15 is 0 Å². The SMILES string of the molecule is COc1cc([C@H]2CC(=O)Nc3c2cnn3C)cc(OC)c1O.